The molecule has 0 aromatic carbocycles. The molecule has 0 spiro atoms. The summed E-state index contributed by atoms with van der Waals surface area (Å²) < 4.78 is 0. The Morgan fingerprint density at radius 1 is 1.15 bits per heavy atom. The zero-order valence-electron chi connectivity index (χ0n) is 19.5. The monoisotopic (exact) mass is 471 g/mol. The molecule has 4 amide bonds. The molecule has 1 aromatic heterocycles. The summed E-state index contributed by atoms with van der Waals surface area (Å²) in [7, 11) is 0. The number of carboxylic acid groups (broad SMARTS) is 1. The van der Waals surface area contributed by atoms with Gasteiger partial charge in [0.25, 0.3) is 0 Å². The first-order chi connectivity index (χ1) is 16.3. The lowest BCUT2D eigenvalue weighted by Crippen LogP contribution is -2.71. The van der Waals surface area contributed by atoms with Crippen LogP contribution in [0.4, 0.5) is 4.79 Å². The molecule has 3 atom stereocenters. The zero-order chi connectivity index (χ0) is 24.3. The van der Waals surface area contributed by atoms with Crippen LogP contribution in [0.2, 0.25) is 0 Å². The fourth-order valence-corrected chi connectivity index (χ4v) is 5.54. The third kappa shape index (κ3) is 4.71. The van der Waals surface area contributed by atoms with Crippen LogP contribution in [0.3, 0.4) is 0 Å². The summed E-state index contributed by atoms with van der Waals surface area (Å²) in [6, 6.07) is 4.03. The van der Waals surface area contributed by atoms with Gasteiger partial charge in [-0.05, 0) is 44.2 Å². The number of fused-ring (bicyclic) bond motifs is 1. The molecular formula is C24H33N5O5. The van der Waals surface area contributed by atoms with Gasteiger partial charge in [-0.15, -0.1) is 0 Å². The Balaban J connectivity index is 1.50. The van der Waals surface area contributed by atoms with Gasteiger partial charge in [-0.1, -0.05) is 25.8 Å². The van der Waals surface area contributed by atoms with Crippen LogP contribution in [0, 0.1) is 0 Å². The van der Waals surface area contributed by atoms with Crippen LogP contribution in [-0.2, 0) is 19.9 Å². The summed E-state index contributed by atoms with van der Waals surface area (Å²) in [5.74, 6) is -0.541. The summed E-state index contributed by atoms with van der Waals surface area (Å²) >= 11 is 0. The number of carbonyl (C=O) groups is 4. The molecule has 34 heavy (non-hydrogen) atoms. The molecule has 3 aliphatic rings. The molecule has 4 heterocycles. The molecule has 10 heteroatoms. The fraction of sp³-hybridized carbons (Fsp3) is 0.625. The molecule has 4 rings (SSSR count). The van der Waals surface area contributed by atoms with Crippen molar-refractivity contribution in [3.05, 3.63) is 30.1 Å². The van der Waals surface area contributed by atoms with Gasteiger partial charge < -0.3 is 25.5 Å². The van der Waals surface area contributed by atoms with Crippen molar-refractivity contribution in [2.45, 2.75) is 82.0 Å². The molecule has 0 saturated carbocycles. The third-order valence-corrected chi connectivity index (χ3v) is 7.16. The second-order valence-electron chi connectivity index (χ2n) is 9.57. The van der Waals surface area contributed by atoms with Crippen LogP contribution in [0.15, 0.2) is 24.4 Å². The normalized spacial score (nSPS) is 26.0. The van der Waals surface area contributed by atoms with E-state index in [4.69, 9.17) is 0 Å². The lowest BCUT2D eigenvalue weighted by Gasteiger charge is -2.51. The standard InChI is InChI=1S/C24H33N5O5/c1-2-7-20(30)27-24(19-10-5-6-13-25-19)14-28(15-24)22(32)18-12-11-16-8-3-4-9-17(26-23(33)34)21(31)29(16)18/h5-6,10,13,16-18,26H,2-4,7-9,11-12,14-15H2,1H3,(H,27,30)(H,33,34)/t16-,17-,18-/m0/s1. The molecule has 3 aliphatic heterocycles. The summed E-state index contributed by atoms with van der Waals surface area (Å²) in [6.45, 7) is 2.52. The van der Waals surface area contributed by atoms with E-state index in [1.165, 1.54) is 0 Å². The van der Waals surface area contributed by atoms with Gasteiger partial charge in [-0.25, -0.2) is 4.79 Å². The zero-order valence-corrected chi connectivity index (χ0v) is 19.5. The van der Waals surface area contributed by atoms with Gasteiger partial charge in [0.2, 0.25) is 17.7 Å². The topological polar surface area (TPSA) is 132 Å². The molecule has 3 saturated heterocycles. The highest BCUT2D eigenvalue weighted by atomic mass is 16.4. The SMILES string of the molecule is CCCC(=O)NC1(c2ccccn2)CN(C(=O)[C@@H]2CC[C@@H]3CCCC[C@H](NC(=O)O)C(=O)N32)C1. The first kappa shape index (κ1) is 24.0. The Morgan fingerprint density at radius 2 is 1.91 bits per heavy atom. The van der Waals surface area contributed by atoms with E-state index < -0.39 is 23.7 Å². The molecule has 184 valence electrons. The highest BCUT2D eigenvalue weighted by molar-refractivity contribution is 5.92. The van der Waals surface area contributed by atoms with Crippen LogP contribution in [0.25, 0.3) is 0 Å². The Hall–Kier alpha value is -3.17. The van der Waals surface area contributed by atoms with Crippen molar-refractivity contribution in [1.29, 1.82) is 0 Å². The van der Waals surface area contributed by atoms with Crippen LogP contribution in [0.5, 0.6) is 0 Å². The van der Waals surface area contributed by atoms with Gasteiger partial charge in [-0.3, -0.25) is 19.4 Å². The van der Waals surface area contributed by atoms with Gasteiger partial charge >= 0.3 is 6.09 Å². The molecule has 3 N–H and O–H groups in total. The van der Waals surface area contributed by atoms with E-state index in [0.717, 1.165) is 32.1 Å². The lowest BCUT2D eigenvalue weighted by atomic mass is 9.84. The number of nitrogens with zero attached hydrogens (tertiary/aromatic N) is 3. The molecule has 3 fully saturated rings. The summed E-state index contributed by atoms with van der Waals surface area (Å²) in [4.78, 5) is 58.2. The first-order valence-electron chi connectivity index (χ1n) is 12.2. The highest BCUT2D eigenvalue weighted by Crippen LogP contribution is 2.36. The van der Waals surface area contributed by atoms with Gasteiger partial charge in [0.15, 0.2) is 0 Å². The fourth-order valence-electron chi connectivity index (χ4n) is 5.54. The number of pyridine rings is 1. The summed E-state index contributed by atoms with van der Waals surface area (Å²) in [5.41, 5.74) is -0.0321. The minimum absolute atomic E-state index is 0.0501. The van der Waals surface area contributed by atoms with E-state index >= 15 is 0 Å². The minimum atomic E-state index is -1.23. The quantitative estimate of drug-likeness (QED) is 0.578. The number of aromatic nitrogens is 1. The summed E-state index contributed by atoms with van der Waals surface area (Å²) in [6.07, 6.45) is 5.77. The molecule has 10 nitrogen and oxygen atoms in total. The van der Waals surface area contributed by atoms with E-state index in [2.05, 4.69) is 15.6 Å². The Labute approximate surface area is 199 Å². The maximum Gasteiger partial charge on any atom is 0.405 e. The van der Waals surface area contributed by atoms with Crippen LogP contribution < -0.4 is 10.6 Å². The predicted molar refractivity (Wildman–Crippen MR) is 123 cm³/mol. The number of carbonyl (C=O) groups excluding carboxylic acids is 3. The van der Waals surface area contributed by atoms with Crippen molar-refractivity contribution in [2.24, 2.45) is 0 Å². The maximum atomic E-state index is 13.5. The molecule has 1 aromatic rings. The van der Waals surface area contributed by atoms with E-state index in [1.54, 1.807) is 22.1 Å². The Kier molecular flexibility index (Phi) is 7.04. The van der Waals surface area contributed by atoms with Crippen LogP contribution in [0.1, 0.15) is 64.0 Å². The van der Waals surface area contributed by atoms with E-state index in [9.17, 15) is 24.3 Å². The lowest BCUT2D eigenvalue weighted by molar-refractivity contribution is -0.154. The Bertz CT molecular complexity index is 933. The number of amides is 4. The molecule has 0 radical (unpaired) electrons. The average molecular weight is 472 g/mol. The third-order valence-electron chi connectivity index (χ3n) is 7.16. The number of hydrogen-bond acceptors (Lipinski definition) is 5. The van der Waals surface area contributed by atoms with Gasteiger partial charge in [0.1, 0.15) is 17.6 Å². The van der Waals surface area contributed by atoms with Crippen molar-refractivity contribution in [3.63, 3.8) is 0 Å². The van der Waals surface area contributed by atoms with Crippen LogP contribution in [-0.4, -0.2) is 74.9 Å². The maximum absolute atomic E-state index is 13.5. The van der Waals surface area contributed by atoms with E-state index in [1.807, 2.05) is 19.1 Å². The smallest absolute Gasteiger partial charge is 0.405 e. The minimum Gasteiger partial charge on any atom is -0.465 e. The first-order valence-corrected chi connectivity index (χ1v) is 12.2. The van der Waals surface area contributed by atoms with E-state index in [-0.39, 0.29) is 36.9 Å². The van der Waals surface area contributed by atoms with Crippen molar-refractivity contribution in [2.75, 3.05) is 13.1 Å². The molecule has 0 unspecified atom stereocenters. The molecular weight excluding hydrogens is 438 g/mol. The van der Waals surface area contributed by atoms with Crippen molar-refractivity contribution >= 4 is 23.8 Å². The second-order valence-corrected chi connectivity index (χ2v) is 9.57. The molecule has 0 bridgehead atoms. The number of hydrogen-bond donors (Lipinski definition) is 3. The highest BCUT2D eigenvalue weighted by Gasteiger charge is 2.52. The van der Waals surface area contributed by atoms with Gasteiger partial charge in [-0.2, -0.15) is 0 Å². The average Bonchev–Trinajstić information content (AvgIpc) is 3.20. The van der Waals surface area contributed by atoms with Crippen molar-refractivity contribution < 1.29 is 24.3 Å². The second kappa shape index (κ2) is 9.99. The van der Waals surface area contributed by atoms with E-state index in [0.29, 0.717) is 25.0 Å². The van der Waals surface area contributed by atoms with Crippen LogP contribution >= 0.6 is 0 Å². The van der Waals surface area contributed by atoms with Crippen molar-refractivity contribution in [1.82, 2.24) is 25.4 Å². The number of nitrogens with one attached hydrogen (secondary N) is 2. The number of likely N-dealkylation sites (tertiary alicyclic amines) is 1. The number of rotatable bonds is 6. The summed E-state index contributed by atoms with van der Waals surface area (Å²) in [5, 5.41) is 14.6. The van der Waals surface area contributed by atoms with Crippen molar-refractivity contribution in [3.8, 4) is 0 Å². The van der Waals surface area contributed by atoms with Gasteiger partial charge in [0, 0.05) is 18.7 Å². The largest absolute Gasteiger partial charge is 0.465 e. The van der Waals surface area contributed by atoms with Gasteiger partial charge in [0.05, 0.1) is 18.8 Å². The molecule has 0 aliphatic carbocycles. The predicted octanol–water partition coefficient (Wildman–Crippen LogP) is 1.61. The Morgan fingerprint density at radius 3 is 2.59 bits per heavy atom.